The van der Waals surface area contributed by atoms with Crippen molar-refractivity contribution >= 4 is 19.9 Å². The second-order valence-corrected chi connectivity index (χ2v) is 9.17. The van der Waals surface area contributed by atoms with Gasteiger partial charge in [0.1, 0.15) is 20.4 Å². The van der Waals surface area contributed by atoms with E-state index >= 15 is 0 Å². The van der Waals surface area contributed by atoms with Crippen LogP contribution in [0, 0.1) is 13.8 Å². The van der Waals surface area contributed by atoms with Crippen molar-refractivity contribution in [2.24, 2.45) is 0 Å². The summed E-state index contributed by atoms with van der Waals surface area (Å²) in [5.41, 5.74) is 0.787. The number of benzene rings is 1. The lowest BCUT2D eigenvalue weighted by Crippen LogP contribution is -2.33. The van der Waals surface area contributed by atoms with Gasteiger partial charge < -0.3 is 4.52 Å². The van der Waals surface area contributed by atoms with E-state index in [1.807, 2.05) is 0 Å². The minimum Gasteiger partial charge on any atom is -0.360 e. The van der Waals surface area contributed by atoms with E-state index in [4.69, 9.17) is 4.52 Å². The molecule has 0 aliphatic rings. The number of sulfone groups is 1. The molecule has 0 saturated carbocycles. The third-order valence-electron chi connectivity index (χ3n) is 3.21. The number of nitrogens with one attached hydrogen (secondary N) is 1. The van der Waals surface area contributed by atoms with E-state index in [1.165, 1.54) is 13.8 Å². The van der Waals surface area contributed by atoms with Crippen molar-refractivity contribution in [1.29, 1.82) is 0 Å². The van der Waals surface area contributed by atoms with Crippen LogP contribution in [0.1, 0.15) is 23.1 Å². The van der Waals surface area contributed by atoms with Crippen LogP contribution >= 0.6 is 0 Å². The zero-order valence-electron chi connectivity index (χ0n) is 13.0. The number of rotatable bonds is 6. The molecule has 0 fully saturated rings. The van der Waals surface area contributed by atoms with Gasteiger partial charge >= 0.3 is 0 Å². The molecule has 23 heavy (non-hydrogen) atoms. The van der Waals surface area contributed by atoms with E-state index in [1.54, 1.807) is 30.3 Å². The van der Waals surface area contributed by atoms with Gasteiger partial charge in [0.25, 0.3) is 0 Å². The van der Waals surface area contributed by atoms with E-state index in [9.17, 15) is 16.8 Å². The van der Waals surface area contributed by atoms with Crippen LogP contribution in [0.2, 0.25) is 0 Å². The summed E-state index contributed by atoms with van der Waals surface area (Å²) in [6.45, 7) is 3.00. The first-order valence-electron chi connectivity index (χ1n) is 6.78. The number of aryl methyl sites for hydroxylation is 2. The average molecular weight is 358 g/mol. The van der Waals surface area contributed by atoms with Gasteiger partial charge in [-0.25, -0.2) is 21.6 Å². The van der Waals surface area contributed by atoms with Gasteiger partial charge in [-0.2, -0.15) is 0 Å². The van der Waals surface area contributed by atoms with Gasteiger partial charge in [-0.1, -0.05) is 35.5 Å². The predicted octanol–water partition coefficient (Wildman–Crippen LogP) is 1.36. The molecule has 0 radical (unpaired) electrons. The highest BCUT2D eigenvalue weighted by molar-refractivity contribution is 7.91. The first kappa shape index (κ1) is 17.6. The van der Waals surface area contributed by atoms with Crippen molar-refractivity contribution in [2.75, 3.05) is 12.0 Å². The Hall–Kier alpha value is -1.71. The molecule has 0 saturated heterocycles. The molecule has 1 aromatic carbocycles. The number of sulfonamides is 1. The maximum absolute atomic E-state index is 12.6. The molecule has 2 rings (SSSR count). The van der Waals surface area contributed by atoms with Crippen LogP contribution in [-0.2, 0) is 19.9 Å². The fourth-order valence-corrected chi connectivity index (χ4v) is 4.83. The smallest absolute Gasteiger partial charge is 0.246 e. The first-order valence-corrected chi connectivity index (χ1v) is 10.3. The summed E-state index contributed by atoms with van der Waals surface area (Å²) in [5.74, 6) is -0.194. The Bertz CT molecular complexity index is 867. The van der Waals surface area contributed by atoms with Gasteiger partial charge in [0.05, 0.1) is 11.8 Å². The van der Waals surface area contributed by atoms with Gasteiger partial charge in [0.15, 0.2) is 5.76 Å². The van der Waals surface area contributed by atoms with Gasteiger partial charge in [-0.05, 0) is 19.4 Å². The van der Waals surface area contributed by atoms with Gasteiger partial charge in [0, 0.05) is 6.26 Å². The standard InChI is InChI=1S/C14H18N2O5S2/c1-10-14(11(2)21-15-10)23(19,20)16-13(9-22(3,17)18)12-7-5-4-6-8-12/h4-8,13,16H,9H2,1-3H3. The van der Waals surface area contributed by atoms with E-state index in [0.717, 1.165) is 6.26 Å². The highest BCUT2D eigenvalue weighted by Crippen LogP contribution is 2.23. The van der Waals surface area contributed by atoms with Crippen molar-refractivity contribution in [3.63, 3.8) is 0 Å². The fourth-order valence-electron chi connectivity index (χ4n) is 2.29. The minimum absolute atomic E-state index is 0.0630. The van der Waals surface area contributed by atoms with Crippen LogP contribution in [0.4, 0.5) is 0 Å². The second kappa shape index (κ2) is 6.42. The van der Waals surface area contributed by atoms with Gasteiger partial charge in [0.2, 0.25) is 10.0 Å². The van der Waals surface area contributed by atoms with E-state index < -0.39 is 25.9 Å². The monoisotopic (exact) mass is 358 g/mol. The third-order valence-corrected chi connectivity index (χ3v) is 5.86. The Morgan fingerprint density at radius 1 is 1.13 bits per heavy atom. The molecule has 1 N–H and O–H groups in total. The number of hydrogen-bond donors (Lipinski definition) is 1. The largest absolute Gasteiger partial charge is 0.360 e. The van der Waals surface area contributed by atoms with Crippen molar-refractivity contribution < 1.29 is 21.4 Å². The Morgan fingerprint density at radius 3 is 2.22 bits per heavy atom. The molecule has 0 spiro atoms. The lowest BCUT2D eigenvalue weighted by molar-refractivity contribution is 0.390. The maximum atomic E-state index is 12.6. The van der Waals surface area contributed by atoms with Gasteiger partial charge in [-0.15, -0.1) is 0 Å². The summed E-state index contributed by atoms with van der Waals surface area (Å²) in [4.78, 5) is -0.0630. The normalized spacial score (nSPS) is 13.9. The Labute approximate surface area is 135 Å². The van der Waals surface area contributed by atoms with Crippen LogP contribution in [0.25, 0.3) is 0 Å². The molecule has 7 nitrogen and oxygen atoms in total. The topological polar surface area (TPSA) is 106 Å². The Balaban J connectivity index is 2.42. The van der Waals surface area contributed by atoms with Crippen molar-refractivity contribution in [3.05, 3.63) is 47.3 Å². The van der Waals surface area contributed by atoms with Crippen LogP contribution in [0.15, 0.2) is 39.8 Å². The summed E-state index contributed by atoms with van der Waals surface area (Å²) in [7, 11) is -7.37. The highest BCUT2D eigenvalue weighted by Gasteiger charge is 2.29. The number of aromatic nitrogens is 1. The Kier molecular flexibility index (Phi) is 4.92. The second-order valence-electron chi connectivity index (χ2n) is 5.33. The molecule has 0 aliphatic carbocycles. The molecule has 0 bridgehead atoms. The van der Waals surface area contributed by atoms with Gasteiger partial charge in [-0.3, -0.25) is 0 Å². The Morgan fingerprint density at radius 2 is 1.74 bits per heavy atom. The van der Waals surface area contributed by atoms with Crippen molar-refractivity contribution in [1.82, 2.24) is 9.88 Å². The van der Waals surface area contributed by atoms with Crippen molar-refractivity contribution in [2.45, 2.75) is 24.8 Å². The number of hydrogen-bond acceptors (Lipinski definition) is 6. The maximum Gasteiger partial charge on any atom is 0.246 e. The van der Waals surface area contributed by atoms with Crippen LogP contribution < -0.4 is 4.72 Å². The van der Waals surface area contributed by atoms with E-state index in [0.29, 0.717) is 5.56 Å². The summed E-state index contributed by atoms with van der Waals surface area (Å²) in [6, 6.07) is 7.65. The molecular weight excluding hydrogens is 340 g/mol. The quantitative estimate of drug-likeness (QED) is 0.835. The molecule has 1 atom stereocenters. The summed E-state index contributed by atoms with van der Waals surface area (Å²) < 4.78 is 55.8. The lowest BCUT2D eigenvalue weighted by Gasteiger charge is -2.18. The van der Waals surface area contributed by atoms with Crippen LogP contribution in [0.5, 0.6) is 0 Å². The third kappa shape index (κ3) is 4.40. The molecule has 1 unspecified atom stereocenters. The molecule has 1 aromatic heterocycles. The first-order chi connectivity index (χ1) is 10.6. The van der Waals surface area contributed by atoms with E-state index in [2.05, 4.69) is 9.88 Å². The molecule has 1 heterocycles. The lowest BCUT2D eigenvalue weighted by atomic mass is 10.1. The molecule has 126 valence electrons. The van der Waals surface area contributed by atoms with E-state index in [-0.39, 0.29) is 22.1 Å². The number of nitrogens with zero attached hydrogens (tertiary/aromatic N) is 1. The van der Waals surface area contributed by atoms with Crippen molar-refractivity contribution in [3.8, 4) is 0 Å². The van der Waals surface area contributed by atoms with Crippen LogP contribution in [-0.4, -0.2) is 34.0 Å². The molecule has 9 heteroatoms. The minimum atomic E-state index is -3.97. The van der Waals surface area contributed by atoms with Crippen LogP contribution in [0.3, 0.4) is 0 Å². The molecule has 2 aromatic rings. The zero-order chi connectivity index (χ0) is 17.3. The molecule has 0 amide bonds. The summed E-state index contributed by atoms with van der Waals surface area (Å²) in [6.07, 6.45) is 1.06. The summed E-state index contributed by atoms with van der Waals surface area (Å²) >= 11 is 0. The molecular formula is C14H18N2O5S2. The zero-order valence-corrected chi connectivity index (χ0v) is 14.6. The predicted molar refractivity (Wildman–Crippen MR) is 85.2 cm³/mol. The molecule has 0 aliphatic heterocycles. The SMILES string of the molecule is Cc1noc(C)c1S(=O)(=O)NC(CS(C)(=O)=O)c1ccccc1. The highest BCUT2D eigenvalue weighted by atomic mass is 32.2. The average Bonchev–Trinajstić information content (AvgIpc) is 2.77. The summed E-state index contributed by atoms with van der Waals surface area (Å²) in [5, 5.41) is 3.62. The fraction of sp³-hybridized carbons (Fsp3) is 0.357.